The maximum atomic E-state index is 13.9. The van der Waals surface area contributed by atoms with Crippen molar-refractivity contribution in [3.8, 4) is 11.1 Å². The maximum absolute atomic E-state index is 13.9. The highest BCUT2D eigenvalue weighted by atomic mass is 35.5. The summed E-state index contributed by atoms with van der Waals surface area (Å²) in [5.41, 5.74) is 0.957. The SMILES string of the molecule is O=C(O)C1CN(Cc2ccccc2)c2c(-c3cccc(C(F)(F)F)c3)c(Cc3cccc4ccccc34)c(Cl)c(=O)n21. The Balaban J connectivity index is 1.66. The Morgan fingerprint density at radius 2 is 1.62 bits per heavy atom. The number of carboxylic acids is 1. The van der Waals surface area contributed by atoms with Crippen molar-refractivity contribution in [3.63, 3.8) is 0 Å². The second-order valence-electron chi connectivity index (χ2n) is 10.3. The Bertz CT molecular complexity index is 1880. The van der Waals surface area contributed by atoms with E-state index >= 15 is 0 Å². The molecule has 1 unspecified atom stereocenters. The fourth-order valence-corrected chi connectivity index (χ4v) is 6.01. The molecule has 1 atom stereocenters. The summed E-state index contributed by atoms with van der Waals surface area (Å²) in [5.74, 6) is -1.00. The van der Waals surface area contributed by atoms with Gasteiger partial charge in [-0.05, 0) is 45.2 Å². The average molecular weight is 589 g/mol. The van der Waals surface area contributed by atoms with E-state index in [0.717, 1.165) is 38.6 Å². The minimum absolute atomic E-state index is 0.0561. The van der Waals surface area contributed by atoms with Crippen molar-refractivity contribution >= 4 is 34.2 Å². The molecule has 2 heterocycles. The number of anilines is 1. The number of hydrogen-bond donors (Lipinski definition) is 1. The van der Waals surface area contributed by atoms with E-state index < -0.39 is 29.3 Å². The number of fused-ring (bicyclic) bond motifs is 2. The van der Waals surface area contributed by atoms with Crippen LogP contribution >= 0.6 is 11.6 Å². The molecule has 9 heteroatoms. The summed E-state index contributed by atoms with van der Waals surface area (Å²) in [7, 11) is 0. The predicted octanol–water partition coefficient (Wildman–Crippen LogP) is 7.58. The summed E-state index contributed by atoms with van der Waals surface area (Å²) >= 11 is 6.77. The molecule has 0 fully saturated rings. The normalized spacial score (nSPS) is 14.8. The van der Waals surface area contributed by atoms with Crippen LogP contribution in [0.15, 0.2) is 102 Å². The molecule has 0 amide bonds. The molecule has 5 nitrogen and oxygen atoms in total. The van der Waals surface area contributed by atoms with E-state index in [-0.39, 0.29) is 35.9 Å². The number of nitrogens with zero attached hydrogens (tertiary/aromatic N) is 2. The average Bonchev–Trinajstić information content (AvgIpc) is 3.35. The predicted molar refractivity (Wildman–Crippen MR) is 157 cm³/mol. The zero-order valence-electron chi connectivity index (χ0n) is 22.1. The molecule has 0 radical (unpaired) electrons. The third-order valence-electron chi connectivity index (χ3n) is 7.66. The van der Waals surface area contributed by atoms with E-state index in [1.807, 2.05) is 72.8 Å². The summed E-state index contributed by atoms with van der Waals surface area (Å²) in [6.07, 6.45) is -4.47. The van der Waals surface area contributed by atoms with Gasteiger partial charge in [0.25, 0.3) is 5.56 Å². The fourth-order valence-electron chi connectivity index (χ4n) is 5.76. The van der Waals surface area contributed by atoms with Gasteiger partial charge in [0.2, 0.25) is 0 Å². The van der Waals surface area contributed by atoms with Gasteiger partial charge < -0.3 is 10.0 Å². The first-order valence-corrected chi connectivity index (χ1v) is 13.6. The topological polar surface area (TPSA) is 62.5 Å². The minimum Gasteiger partial charge on any atom is -0.480 e. The third kappa shape index (κ3) is 4.92. The summed E-state index contributed by atoms with van der Waals surface area (Å²) in [6.45, 7) is 0.185. The van der Waals surface area contributed by atoms with Crippen molar-refractivity contribution in [2.24, 2.45) is 0 Å². The molecule has 0 aliphatic carbocycles. The lowest BCUT2D eigenvalue weighted by atomic mass is 9.92. The second-order valence-corrected chi connectivity index (χ2v) is 10.7. The van der Waals surface area contributed by atoms with Gasteiger partial charge in [-0.15, -0.1) is 0 Å². The van der Waals surface area contributed by atoms with Crippen LogP contribution in [-0.4, -0.2) is 22.2 Å². The first-order valence-electron chi connectivity index (χ1n) is 13.3. The number of carbonyl (C=O) groups is 1. The lowest BCUT2D eigenvalue weighted by Gasteiger charge is -2.25. The number of carboxylic acid groups (broad SMARTS) is 1. The molecule has 1 aliphatic heterocycles. The Morgan fingerprint density at radius 1 is 0.929 bits per heavy atom. The molecular weight excluding hydrogens is 565 g/mol. The highest BCUT2D eigenvalue weighted by molar-refractivity contribution is 6.32. The van der Waals surface area contributed by atoms with Crippen LogP contribution in [0.3, 0.4) is 0 Å². The number of aliphatic carboxylic acids is 1. The van der Waals surface area contributed by atoms with Crippen molar-refractivity contribution in [2.75, 3.05) is 11.4 Å². The standard InChI is InChI=1S/C33H24ClF3N2O3/c34-29-26(17-22-12-6-11-21-10-4-5-15-25(21)22)28(23-13-7-14-24(16-23)33(35,36)37)30-38(18-20-8-2-1-3-9-20)19-27(32(41)42)39(30)31(29)40/h1-16,27H,17-19H2,(H,41,42). The van der Waals surface area contributed by atoms with Crippen LogP contribution in [0.2, 0.25) is 5.02 Å². The van der Waals surface area contributed by atoms with Crippen molar-refractivity contribution in [1.29, 1.82) is 0 Å². The van der Waals surface area contributed by atoms with Gasteiger partial charge in [0.05, 0.1) is 12.1 Å². The number of hydrogen-bond acceptors (Lipinski definition) is 3. The molecule has 0 bridgehead atoms. The number of halogens is 4. The van der Waals surface area contributed by atoms with Gasteiger partial charge >= 0.3 is 12.1 Å². The van der Waals surface area contributed by atoms with E-state index in [1.54, 1.807) is 4.90 Å². The van der Waals surface area contributed by atoms with E-state index in [0.29, 0.717) is 11.1 Å². The molecule has 1 aliphatic rings. The van der Waals surface area contributed by atoms with E-state index in [1.165, 1.54) is 12.1 Å². The van der Waals surface area contributed by atoms with Gasteiger partial charge in [-0.1, -0.05) is 96.5 Å². The van der Waals surface area contributed by atoms with E-state index in [9.17, 15) is 27.9 Å². The molecular formula is C33H24ClF3N2O3. The van der Waals surface area contributed by atoms with E-state index in [2.05, 4.69) is 0 Å². The van der Waals surface area contributed by atoms with Crippen LogP contribution in [0, 0.1) is 0 Å². The zero-order chi connectivity index (χ0) is 29.6. The zero-order valence-corrected chi connectivity index (χ0v) is 22.9. The van der Waals surface area contributed by atoms with Gasteiger partial charge in [0.15, 0.2) is 6.04 Å². The molecule has 0 spiro atoms. The summed E-state index contributed by atoms with van der Waals surface area (Å²) in [6, 6.07) is 26.2. The number of rotatable bonds is 6. The number of alkyl halides is 3. The smallest absolute Gasteiger partial charge is 0.416 e. The molecule has 0 saturated heterocycles. The second kappa shape index (κ2) is 10.7. The van der Waals surface area contributed by atoms with Crippen LogP contribution in [0.4, 0.5) is 19.0 Å². The van der Waals surface area contributed by atoms with E-state index in [4.69, 9.17) is 11.6 Å². The summed E-state index contributed by atoms with van der Waals surface area (Å²) in [4.78, 5) is 28.0. The van der Waals surface area contributed by atoms with Crippen molar-refractivity contribution < 1.29 is 23.1 Å². The summed E-state index contributed by atoms with van der Waals surface area (Å²) < 4.78 is 42.8. The molecule has 5 aromatic rings. The molecule has 0 saturated carbocycles. The van der Waals surface area contributed by atoms with Crippen molar-refractivity contribution in [2.45, 2.75) is 25.2 Å². The number of benzene rings is 4. The lowest BCUT2D eigenvalue weighted by Crippen LogP contribution is -2.29. The van der Waals surface area contributed by atoms with Crippen LogP contribution < -0.4 is 10.5 Å². The highest BCUT2D eigenvalue weighted by Gasteiger charge is 2.39. The first kappa shape index (κ1) is 27.6. The van der Waals surface area contributed by atoms with Gasteiger partial charge in [0.1, 0.15) is 10.8 Å². The first-order chi connectivity index (χ1) is 20.1. The van der Waals surface area contributed by atoms with Gasteiger partial charge in [-0.2, -0.15) is 13.2 Å². The largest absolute Gasteiger partial charge is 0.480 e. The van der Waals surface area contributed by atoms with Gasteiger partial charge in [0, 0.05) is 18.5 Å². The van der Waals surface area contributed by atoms with Crippen LogP contribution in [0.5, 0.6) is 0 Å². The quantitative estimate of drug-likeness (QED) is 0.222. The molecule has 1 aromatic heterocycles. The number of aromatic nitrogens is 1. The monoisotopic (exact) mass is 588 g/mol. The van der Waals surface area contributed by atoms with Gasteiger partial charge in [-0.25, -0.2) is 4.79 Å². The Kier molecular flexibility index (Phi) is 7.02. The minimum atomic E-state index is -4.61. The molecule has 1 N–H and O–H groups in total. The Morgan fingerprint density at radius 3 is 2.36 bits per heavy atom. The highest BCUT2D eigenvalue weighted by Crippen LogP contribution is 2.44. The lowest BCUT2D eigenvalue weighted by molar-refractivity contribution is -0.140. The van der Waals surface area contributed by atoms with Crippen molar-refractivity contribution in [1.82, 2.24) is 4.57 Å². The Hall–Kier alpha value is -4.56. The van der Waals surface area contributed by atoms with Crippen LogP contribution in [0.25, 0.3) is 21.9 Å². The molecule has 6 rings (SSSR count). The summed E-state index contributed by atoms with van der Waals surface area (Å²) in [5, 5.41) is 11.8. The fraction of sp³-hybridized carbons (Fsp3) is 0.152. The molecule has 212 valence electrons. The van der Waals surface area contributed by atoms with Crippen molar-refractivity contribution in [3.05, 3.63) is 135 Å². The number of pyridine rings is 1. The molecule has 42 heavy (non-hydrogen) atoms. The van der Waals surface area contributed by atoms with Crippen LogP contribution in [0.1, 0.15) is 28.3 Å². The molecule has 4 aromatic carbocycles. The Labute approximate surface area is 244 Å². The maximum Gasteiger partial charge on any atom is 0.416 e. The van der Waals surface area contributed by atoms with Crippen LogP contribution in [-0.2, 0) is 23.9 Å². The third-order valence-corrected chi connectivity index (χ3v) is 8.05. The van der Waals surface area contributed by atoms with Gasteiger partial charge in [-0.3, -0.25) is 9.36 Å².